The van der Waals surface area contributed by atoms with Crippen molar-refractivity contribution in [3.8, 4) is 11.1 Å². The SMILES string of the molecule is CN(C)C(=O)C1(Cc2ccccc2-c2cccc(F)c2)CCN(C(=O)C(C)(C)C)CC1. The van der Waals surface area contributed by atoms with Gasteiger partial charge in [-0.05, 0) is 48.1 Å². The Morgan fingerprint density at radius 2 is 1.68 bits per heavy atom. The smallest absolute Gasteiger partial charge is 0.228 e. The lowest BCUT2D eigenvalue weighted by Gasteiger charge is -2.43. The molecule has 2 aromatic rings. The van der Waals surface area contributed by atoms with Crippen LogP contribution in [0.3, 0.4) is 0 Å². The molecule has 1 aliphatic rings. The van der Waals surface area contributed by atoms with E-state index >= 15 is 0 Å². The number of halogens is 1. The van der Waals surface area contributed by atoms with E-state index in [1.54, 1.807) is 25.1 Å². The first-order valence-corrected chi connectivity index (χ1v) is 10.9. The highest BCUT2D eigenvalue weighted by molar-refractivity contribution is 5.85. The molecular weight excluding hydrogens is 391 g/mol. The van der Waals surface area contributed by atoms with Gasteiger partial charge in [0.05, 0.1) is 5.41 Å². The van der Waals surface area contributed by atoms with E-state index in [2.05, 4.69) is 0 Å². The predicted octanol–water partition coefficient (Wildman–Crippen LogP) is 4.78. The van der Waals surface area contributed by atoms with Gasteiger partial charge in [-0.1, -0.05) is 57.2 Å². The predicted molar refractivity (Wildman–Crippen MR) is 122 cm³/mol. The number of nitrogens with zero attached hydrogens (tertiary/aromatic N) is 2. The van der Waals surface area contributed by atoms with Crippen molar-refractivity contribution in [2.45, 2.75) is 40.0 Å². The van der Waals surface area contributed by atoms with E-state index in [9.17, 15) is 14.0 Å². The van der Waals surface area contributed by atoms with Crippen LogP contribution in [0.5, 0.6) is 0 Å². The first-order chi connectivity index (χ1) is 14.5. The fourth-order valence-electron chi connectivity index (χ4n) is 4.53. The molecule has 1 fully saturated rings. The largest absolute Gasteiger partial charge is 0.348 e. The molecule has 166 valence electrons. The number of rotatable bonds is 4. The first kappa shape index (κ1) is 23.0. The Balaban J connectivity index is 1.93. The quantitative estimate of drug-likeness (QED) is 0.709. The number of hydrogen-bond donors (Lipinski definition) is 0. The summed E-state index contributed by atoms with van der Waals surface area (Å²) >= 11 is 0. The van der Waals surface area contributed by atoms with E-state index in [1.165, 1.54) is 12.1 Å². The molecule has 0 unspecified atom stereocenters. The van der Waals surface area contributed by atoms with E-state index < -0.39 is 10.8 Å². The summed E-state index contributed by atoms with van der Waals surface area (Å²) < 4.78 is 13.9. The van der Waals surface area contributed by atoms with Gasteiger partial charge in [-0.25, -0.2) is 4.39 Å². The van der Waals surface area contributed by atoms with E-state index in [4.69, 9.17) is 0 Å². The average molecular weight is 425 g/mol. The number of carbonyl (C=O) groups excluding carboxylic acids is 2. The second kappa shape index (κ2) is 8.81. The Morgan fingerprint density at radius 1 is 1.03 bits per heavy atom. The van der Waals surface area contributed by atoms with Crippen LogP contribution in [0.4, 0.5) is 4.39 Å². The third-order valence-electron chi connectivity index (χ3n) is 6.19. The molecule has 1 aliphatic heterocycles. The van der Waals surface area contributed by atoms with Gasteiger partial charge < -0.3 is 9.80 Å². The molecule has 1 saturated heterocycles. The zero-order valence-corrected chi connectivity index (χ0v) is 19.2. The molecule has 2 amide bonds. The molecule has 1 heterocycles. The van der Waals surface area contributed by atoms with E-state index in [1.807, 2.05) is 56.0 Å². The third-order valence-corrected chi connectivity index (χ3v) is 6.19. The van der Waals surface area contributed by atoms with Crippen molar-refractivity contribution in [1.29, 1.82) is 0 Å². The standard InChI is InChI=1S/C26H33FN2O2/c1-25(2,3)23(30)29-15-13-26(14-16-29,24(31)28(4)5)18-20-9-6-7-12-22(20)19-10-8-11-21(27)17-19/h6-12,17H,13-16,18H2,1-5H3. The van der Waals surface area contributed by atoms with E-state index in [0.29, 0.717) is 32.4 Å². The Kier molecular flexibility index (Phi) is 6.54. The van der Waals surface area contributed by atoms with Crippen molar-refractivity contribution in [2.75, 3.05) is 27.2 Å². The second-order valence-corrected chi connectivity index (χ2v) is 9.87. The maximum absolute atomic E-state index is 13.9. The van der Waals surface area contributed by atoms with Crippen LogP contribution in [-0.4, -0.2) is 48.8 Å². The van der Waals surface area contributed by atoms with Crippen LogP contribution < -0.4 is 0 Å². The molecule has 0 radical (unpaired) electrons. The molecule has 31 heavy (non-hydrogen) atoms. The summed E-state index contributed by atoms with van der Waals surface area (Å²) in [4.78, 5) is 29.7. The molecule has 5 heteroatoms. The summed E-state index contributed by atoms with van der Waals surface area (Å²) in [6.07, 6.45) is 1.79. The van der Waals surface area contributed by atoms with Crippen molar-refractivity contribution in [3.63, 3.8) is 0 Å². The highest BCUT2D eigenvalue weighted by atomic mass is 19.1. The van der Waals surface area contributed by atoms with Gasteiger partial charge in [0.1, 0.15) is 5.82 Å². The number of benzene rings is 2. The highest BCUT2D eigenvalue weighted by Crippen LogP contribution is 2.40. The minimum Gasteiger partial charge on any atom is -0.348 e. The van der Waals surface area contributed by atoms with Gasteiger partial charge in [0.2, 0.25) is 11.8 Å². The molecule has 0 aromatic heterocycles. The van der Waals surface area contributed by atoms with Crippen molar-refractivity contribution >= 4 is 11.8 Å². The molecular formula is C26H33FN2O2. The maximum atomic E-state index is 13.9. The molecule has 0 saturated carbocycles. The van der Waals surface area contributed by atoms with Crippen LogP contribution in [0.15, 0.2) is 48.5 Å². The van der Waals surface area contributed by atoms with Crippen molar-refractivity contribution in [2.24, 2.45) is 10.8 Å². The molecule has 0 aliphatic carbocycles. The van der Waals surface area contributed by atoms with Gasteiger partial charge in [0.15, 0.2) is 0 Å². The highest BCUT2D eigenvalue weighted by Gasteiger charge is 2.44. The number of likely N-dealkylation sites (tertiary alicyclic amines) is 1. The summed E-state index contributed by atoms with van der Waals surface area (Å²) in [7, 11) is 3.57. The molecule has 2 aromatic carbocycles. The normalized spacial score (nSPS) is 16.1. The van der Waals surface area contributed by atoms with Gasteiger partial charge in [0.25, 0.3) is 0 Å². The topological polar surface area (TPSA) is 40.6 Å². The molecule has 0 spiro atoms. The van der Waals surface area contributed by atoms with Crippen molar-refractivity contribution in [3.05, 3.63) is 59.9 Å². The summed E-state index contributed by atoms with van der Waals surface area (Å²) in [6.45, 7) is 6.92. The monoisotopic (exact) mass is 424 g/mol. The van der Waals surface area contributed by atoms with E-state index in [0.717, 1.165) is 16.7 Å². The molecule has 0 atom stereocenters. The van der Waals surface area contributed by atoms with Gasteiger partial charge in [-0.15, -0.1) is 0 Å². The van der Waals surface area contributed by atoms with E-state index in [-0.39, 0.29) is 17.6 Å². The summed E-state index contributed by atoms with van der Waals surface area (Å²) in [5.41, 5.74) is 1.76. The fourth-order valence-corrected chi connectivity index (χ4v) is 4.53. The Hall–Kier alpha value is -2.69. The van der Waals surface area contributed by atoms with Crippen LogP contribution >= 0.6 is 0 Å². The zero-order chi connectivity index (χ0) is 22.8. The summed E-state index contributed by atoms with van der Waals surface area (Å²) in [6, 6.07) is 14.5. The van der Waals surface area contributed by atoms with Gasteiger partial charge in [0, 0.05) is 32.6 Å². The molecule has 3 rings (SSSR count). The Labute approximate surface area is 185 Å². The minimum atomic E-state index is -0.582. The molecule has 4 nitrogen and oxygen atoms in total. The molecule has 0 bridgehead atoms. The number of piperidine rings is 1. The summed E-state index contributed by atoms with van der Waals surface area (Å²) in [5, 5.41) is 0. The second-order valence-electron chi connectivity index (χ2n) is 9.87. The van der Waals surface area contributed by atoms with Crippen LogP contribution in [0.2, 0.25) is 0 Å². The first-order valence-electron chi connectivity index (χ1n) is 10.9. The Bertz CT molecular complexity index is 954. The van der Waals surface area contributed by atoms with Crippen LogP contribution in [0, 0.1) is 16.6 Å². The lowest BCUT2D eigenvalue weighted by Crippen LogP contribution is -2.52. The number of amides is 2. The van der Waals surface area contributed by atoms with Crippen LogP contribution in [0.1, 0.15) is 39.2 Å². The summed E-state index contributed by atoms with van der Waals surface area (Å²) in [5.74, 6) is -0.0663. The number of carbonyl (C=O) groups is 2. The zero-order valence-electron chi connectivity index (χ0n) is 19.2. The van der Waals surface area contributed by atoms with Crippen LogP contribution in [-0.2, 0) is 16.0 Å². The van der Waals surface area contributed by atoms with Crippen LogP contribution in [0.25, 0.3) is 11.1 Å². The third kappa shape index (κ3) is 4.97. The van der Waals surface area contributed by atoms with Gasteiger partial charge in [-0.2, -0.15) is 0 Å². The maximum Gasteiger partial charge on any atom is 0.228 e. The van der Waals surface area contributed by atoms with Crippen molar-refractivity contribution < 1.29 is 14.0 Å². The number of hydrogen-bond acceptors (Lipinski definition) is 2. The fraction of sp³-hybridized carbons (Fsp3) is 0.462. The average Bonchev–Trinajstić information content (AvgIpc) is 2.73. The molecule has 0 N–H and O–H groups in total. The lowest BCUT2D eigenvalue weighted by molar-refractivity contribution is -0.149. The van der Waals surface area contributed by atoms with Gasteiger partial charge in [-0.3, -0.25) is 9.59 Å². The minimum absolute atomic E-state index is 0.0874. The lowest BCUT2D eigenvalue weighted by atomic mass is 9.71. The van der Waals surface area contributed by atoms with Gasteiger partial charge >= 0.3 is 0 Å². The van der Waals surface area contributed by atoms with Crippen molar-refractivity contribution in [1.82, 2.24) is 9.80 Å². The Morgan fingerprint density at radius 3 is 2.26 bits per heavy atom.